The summed E-state index contributed by atoms with van der Waals surface area (Å²) < 4.78 is 7.22. The van der Waals surface area contributed by atoms with Crippen LogP contribution < -0.4 is 0 Å². The van der Waals surface area contributed by atoms with Gasteiger partial charge in [-0.2, -0.15) is 0 Å². The second-order valence-corrected chi connectivity index (χ2v) is 17.6. The zero-order valence-electron chi connectivity index (χ0n) is 38.4. The molecule has 0 bridgehead atoms. The van der Waals surface area contributed by atoms with Crippen molar-refractivity contribution >= 4 is 60.6 Å². The summed E-state index contributed by atoms with van der Waals surface area (Å²) in [7, 11) is 0. The van der Waals surface area contributed by atoms with Gasteiger partial charge < -0.3 is 13.7 Å². The topological polar surface area (TPSA) is 53.5 Å². The first-order valence-corrected chi connectivity index (χ1v) is 23.7. The lowest BCUT2D eigenvalue weighted by Crippen LogP contribution is -2.07. The molecule has 13 rings (SSSR count). The number of fused-ring (bicyclic) bond motifs is 7. The third-order valence-corrected chi connectivity index (χ3v) is 13.6. The third-order valence-electron chi connectivity index (χ3n) is 13.6. The molecule has 0 amide bonds. The quantitative estimate of drug-likeness (QED) is 0.136. The Morgan fingerprint density at radius 3 is 1.41 bits per heavy atom. The number of hydrogen-bond donors (Lipinski definition) is 0. The van der Waals surface area contributed by atoms with E-state index in [4.69, 9.17) is 15.0 Å². The fraction of sp³-hybridized carbons (Fsp3) is 0.0156. The Labute approximate surface area is 405 Å². The van der Waals surface area contributed by atoms with Crippen molar-refractivity contribution in [2.75, 3.05) is 0 Å². The molecule has 0 radical (unpaired) electrons. The molecule has 70 heavy (non-hydrogen) atoms. The van der Waals surface area contributed by atoms with Crippen LogP contribution in [-0.4, -0.2) is 28.7 Å². The monoisotopic (exact) mass is 896 g/mol. The third kappa shape index (κ3) is 6.53. The van der Waals surface area contributed by atoms with E-state index < -0.39 is 0 Å². The molecule has 9 aromatic carbocycles. The van der Waals surface area contributed by atoms with Crippen molar-refractivity contribution in [3.63, 3.8) is 0 Å². The summed E-state index contributed by atoms with van der Waals surface area (Å²) >= 11 is 0. The number of rotatable bonds is 9. The van der Waals surface area contributed by atoms with Crippen LogP contribution in [0.1, 0.15) is 11.3 Å². The highest BCUT2D eigenvalue weighted by Gasteiger charge is 2.29. The molecule has 0 atom stereocenters. The molecule has 0 aliphatic rings. The smallest absolute Gasteiger partial charge is 0.168 e. The van der Waals surface area contributed by atoms with Crippen LogP contribution in [0.3, 0.4) is 0 Å². The normalized spacial score (nSPS) is 11.8. The SMILES string of the molecule is C=C/C=C\c1c(C)n(-c2ccccc2)c2ccc(-c3cc4c5ccccc5n(-c5ccccc5)c4c(-c4nc(-c5ccccc5)nc(-c5ccccc5)n4)c3-n3c4ccccc4c4ccccc43)cc12. The first-order valence-electron chi connectivity index (χ1n) is 23.7. The van der Waals surface area contributed by atoms with E-state index in [1.807, 2.05) is 48.6 Å². The van der Waals surface area contributed by atoms with Crippen LogP contribution in [0.4, 0.5) is 0 Å². The molecule has 0 aliphatic carbocycles. The Kier molecular flexibility index (Phi) is 9.77. The Balaban J connectivity index is 1.27. The van der Waals surface area contributed by atoms with Gasteiger partial charge in [-0.15, -0.1) is 0 Å². The molecule has 0 spiro atoms. The molecule has 330 valence electrons. The maximum absolute atomic E-state index is 5.60. The largest absolute Gasteiger partial charge is 0.313 e. The van der Waals surface area contributed by atoms with Crippen molar-refractivity contribution in [3.05, 3.63) is 248 Å². The summed E-state index contributed by atoms with van der Waals surface area (Å²) in [5.74, 6) is 1.76. The van der Waals surface area contributed by atoms with Crippen molar-refractivity contribution in [2.45, 2.75) is 6.92 Å². The molecule has 4 heterocycles. The summed E-state index contributed by atoms with van der Waals surface area (Å²) in [6.07, 6.45) is 6.07. The van der Waals surface area contributed by atoms with Gasteiger partial charge in [0.1, 0.15) is 0 Å². The van der Waals surface area contributed by atoms with E-state index in [9.17, 15) is 0 Å². The molecule has 0 saturated carbocycles. The van der Waals surface area contributed by atoms with Crippen LogP contribution in [0.15, 0.2) is 237 Å². The molecule has 0 unspecified atom stereocenters. The van der Waals surface area contributed by atoms with Crippen LogP contribution in [0.5, 0.6) is 0 Å². The van der Waals surface area contributed by atoms with Gasteiger partial charge in [0.2, 0.25) is 0 Å². The predicted octanol–water partition coefficient (Wildman–Crippen LogP) is 16.2. The van der Waals surface area contributed by atoms with Gasteiger partial charge in [0, 0.05) is 66.3 Å². The van der Waals surface area contributed by atoms with E-state index >= 15 is 0 Å². The van der Waals surface area contributed by atoms with Gasteiger partial charge >= 0.3 is 0 Å². The van der Waals surface area contributed by atoms with Crippen LogP contribution in [0, 0.1) is 6.92 Å². The number of benzene rings is 9. The zero-order valence-corrected chi connectivity index (χ0v) is 38.4. The molecule has 13 aromatic rings. The fourth-order valence-electron chi connectivity index (χ4n) is 10.6. The van der Waals surface area contributed by atoms with Crippen molar-refractivity contribution in [2.24, 2.45) is 0 Å². The maximum Gasteiger partial charge on any atom is 0.168 e. The Morgan fingerprint density at radius 2 is 0.857 bits per heavy atom. The summed E-state index contributed by atoms with van der Waals surface area (Å²) in [6, 6.07) is 77.4. The molecular weight excluding hydrogens is 853 g/mol. The van der Waals surface area contributed by atoms with Gasteiger partial charge in [-0.05, 0) is 73.2 Å². The summed E-state index contributed by atoms with van der Waals surface area (Å²) in [6.45, 7) is 6.26. The first-order chi connectivity index (χ1) is 34.6. The average molecular weight is 897 g/mol. The molecular formula is C64H44N6. The molecule has 0 aliphatic heterocycles. The zero-order chi connectivity index (χ0) is 46.7. The summed E-state index contributed by atoms with van der Waals surface area (Å²) in [5.41, 5.74) is 15.6. The number of aromatic nitrogens is 6. The molecule has 6 heteroatoms. The summed E-state index contributed by atoms with van der Waals surface area (Å²) in [5, 5.41) is 5.66. The molecule has 0 saturated heterocycles. The predicted molar refractivity (Wildman–Crippen MR) is 291 cm³/mol. The van der Waals surface area contributed by atoms with Gasteiger partial charge in [-0.1, -0.05) is 183 Å². The second-order valence-electron chi connectivity index (χ2n) is 17.6. The van der Waals surface area contributed by atoms with E-state index in [1.54, 1.807) is 0 Å². The van der Waals surface area contributed by atoms with Crippen LogP contribution in [0.2, 0.25) is 0 Å². The van der Waals surface area contributed by atoms with Crippen LogP contribution >= 0.6 is 0 Å². The molecule has 0 N–H and O–H groups in total. The number of nitrogens with zero attached hydrogens (tertiary/aromatic N) is 6. The summed E-state index contributed by atoms with van der Waals surface area (Å²) in [4.78, 5) is 16.4. The number of allylic oxidation sites excluding steroid dienone is 2. The number of hydrogen-bond acceptors (Lipinski definition) is 3. The van der Waals surface area contributed by atoms with E-state index in [2.05, 4.69) is 215 Å². The lowest BCUT2D eigenvalue weighted by Gasteiger charge is -2.22. The van der Waals surface area contributed by atoms with Crippen molar-refractivity contribution in [1.29, 1.82) is 0 Å². The van der Waals surface area contributed by atoms with Crippen molar-refractivity contribution in [1.82, 2.24) is 28.7 Å². The lowest BCUT2D eigenvalue weighted by atomic mass is 9.93. The van der Waals surface area contributed by atoms with E-state index in [0.717, 1.165) is 111 Å². The second kappa shape index (κ2) is 16.7. The standard InChI is InChI=1S/C64H44N6/c1-3-4-31-48-42(2)68(46-27-13-7-14-28-46)58-39-38-45(40-53(48)58)52-41-54-51-34-19-20-35-55(51)69(47-29-15-8-16-30-47)61(54)59(60(52)70-56-36-21-17-32-49(56)50-33-18-22-37-57(50)70)64-66-62(43-23-9-5-10-24-43)65-63(67-64)44-25-11-6-12-26-44/h3-41H,1H2,2H3/b31-4-. The van der Waals surface area contributed by atoms with Gasteiger partial charge in [0.05, 0.1) is 38.8 Å². The first kappa shape index (κ1) is 40.8. The van der Waals surface area contributed by atoms with Gasteiger partial charge in [0.15, 0.2) is 17.5 Å². The minimum atomic E-state index is 0.568. The number of para-hydroxylation sites is 5. The van der Waals surface area contributed by atoms with Crippen molar-refractivity contribution in [3.8, 4) is 62.4 Å². The Bertz CT molecular complexity index is 4070. The molecule has 4 aromatic heterocycles. The van der Waals surface area contributed by atoms with E-state index in [0.29, 0.717) is 17.5 Å². The Morgan fingerprint density at radius 1 is 0.400 bits per heavy atom. The minimum absolute atomic E-state index is 0.568. The minimum Gasteiger partial charge on any atom is -0.313 e. The van der Waals surface area contributed by atoms with E-state index in [1.165, 1.54) is 0 Å². The van der Waals surface area contributed by atoms with Crippen molar-refractivity contribution < 1.29 is 0 Å². The highest BCUT2D eigenvalue weighted by molar-refractivity contribution is 6.19. The van der Waals surface area contributed by atoms with Gasteiger partial charge in [0.25, 0.3) is 0 Å². The maximum atomic E-state index is 5.60. The van der Waals surface area contributed by atoms with Gasteiger partial charge in [-0.3, -0.25) is 0 Å². The molecule has 0 fully saturated rings. The molecule has 6 nitrogen and oxygen atoms in total. The average Bonchev–Trinajstić information content (AvgIpc) is 4.04. The van der Waals surface area contributed by atoms with E-state index in [-0.39, 0.29) is 0 Å². The highest BCUT2D eigenvalue weighted by atomic mass is 15.1. The lowest BCUT2D eigenvalue weighted by molar-refractivity contribution is 1.05. The Hall–Kier alpha value is -9.39. The highest BCUT2D eigenvalue weighted by Crippen LogP contribution is 2.49. The van der Waals surface area contributed by atoms with Gasteiger partial charge in [-0.25, -0.2) is 15.0 Å². The van der Waals surface area contributed by atoms with Crippen LogP contribution in [0.25, 0.3) is 123 Å². The fourth-order valence-corrected chi connectivity index (χ4v) is 10.6. The van der Waals surface area contributed by atoms with Crippen LogP contribution in [-0.2, 0) is 0 Å².